The van der Waals surface area contributed by atoms with E-state index in [0.29, 0.717) is 28.1 Å². The fourth-order valence-corrected chi connectivity index (χ4v) is 2.99. The molecule has 3 nitrogen and oxygen atoms in total. The van der Waals surface area contributed by atoms with Gasteiger partial charge in [-0.05, 0) is 60.2 Å². The SMILES string of the molecule is Oc1ccc(-c2cc(-c3ccccc3F)cc(-c3ccccc3O)n2)cc1. The minimum atomic E-state index is -0.330. The molecule has 0 bridgehead atoms. The second-order valence-corrected chi connectivity index (χ2v) is 6.17. The maximum atomic E-state index is 14.4. The fourth-order valence-electron chi connectivity index (χ4n) is 2.99. The minimum Gasteiger partial charge on any atom is -0.508 e. The van der Waals surface area contributed by atoms with Crippen LogP contribution < -0.4 is 0 Å². The molecular formula is C23H16FNO2. The lowest BCUT2D eigenvalue weighted by atomic mass is 9.99. The van der Waals surface area contributed by atoms with E-state index in [-0.39, 0.29) is 17.3 Å². The third-order valence-electron chi connectivity index (χ3n) is 4.35. The van der Waals surface area contributed by atoms with E-state index in [0.717, 1.165) is 5.56 Å². The van der Waals surface area contributed by atoms with Crippen molar-refractivity contribution >= 4 is 0 Å². The van der Waals surface area contributed by atoms with Crippen molar-refractivity contribution in [2.45, 2.75) is 0 Å². The van der Waals surface area contributed by atoms with Crippen LogP contribution in [0.2, 0.25) is 0 Å². The predicted octanol–water partition coefficient (Wildman–Crippen LogP) is 5.63. The molecule has 0 fully saturated rings. The van der Waals surface area contributed by atoms with Crippen LogP contribution in [0, 0.1) is 5.82 Å². The summed E-state index contributed by atoms with van der Waals surface area (Å²) in [6.45, 7) is 0. The van der Waals surface area contributed by atoms with Crippen molar-refractivity contribution in [2.24, 2.45) is 0 Å². The van der Waals surface area contributed by atoms with Gasteiger partial charge in [-0.25, -0.2) is 9.37 Å². The van der Waals surface area contributed by atoms with E-state index >= 15 is 0 Å². The monoisotopic (exact) mass is 357 g/mol. The number of hydrogen-bond acceptors (Lipinski definition) is 3. The molecule has 4 rings (SSSR count). The number of para-hydroxylation sites is 1. The van der Waals surface area contributed by atoms with Gasteiger partial charge in [0.1, 0.15) is 17.3 Å². The fraction of sp³-hybridized carbons (Fsp3) is 0. The molecule has 0 unspecified atom stereocenters. The molecule has 0 aliphatic heterocycles. The Morgan fingerprint density at radius 3 is 1.96 bits per heavy atom. The van der Waals surface area contributed by atoms with Gasteiger partial charge in [-0.2, -0.15) is 0 Å². The van der Waals surface area contributed by atoms with E-state index < -0.39 is 0 Å². The molecule has 4 heteroatoms. The van der Waals surface area contributed by atoms with Gasteiger partial charge in [-0.15, -0.1) is 0 Å². The number of aromatic nitrogens is 1. The molecule has 0 aliphatic carbocycles. The zero-order valence-electron chi connectivity index (χ0n) is 14.3. The molecule has 27 heavy (non-hydrogen) atoms. The first-order valence-corrected chi connectivity index (χ1v) is 8.46. The molecule has 4 aromatic rings. The predicted molar refractivity (Wildman–Crippen MR) is 104 cm³/mol. The lowest BCUT2D eigenvalue weighted by molar-refractivity contribution is 0.475. The van der Waals surface area contributed by atoms with Crippen molar-refractivity contribution in [1.29, 1.82) is 0 Å². The zero-order chi connectivity index (χ0) is 18.8. The number of nitrogens with zero attached hydrogens (tertiary/aromatic N) is 1. The van der Waals surface area contributed by atoms with Gasteiger partial charge in [0.05, 0.1) is 11.4 Å². The van der Waals surface area contributed by atoms with Crippen LogP contribution >= 0.6 is 0 Å². The Morgan fingerprint density at radius 1 is 0.630 bits per heavy atom. The van der Waals surface area contributed by atoms with E-state index in [4.69, 9.17) is 0 Å². The Balaban J connectivity index is 1.95. The average molecular weight is 357 g/mol. The summed E-state index contributed by atoms with van der Waals surface area (Å²) in [5, 5.41) is 19.8. The number of rotatable bonds is 3. The van der Waals surface area contributed by atoms with Crippen molar-refractivity contribution in [2.75, 3.05) is 0 Å². The van der Waals surface area contributed by atoms with Gasteiger partial charge >= 0.3 is 0 Å². The molecular weight excluding hydrogens is 341 g/mol. The lowest BCUT2D eigenvalue weighted by Gasteiger charge is -2.11. The Labute approximate surface area is 156 Å². The molecule has 0 saturated heterocycles. The van der Waals surface area contributed by atoms with Crippen molar-refractivity contribution in [3.05, 3.63) is 90.7 Å². The summed E-state index contributed by atoms with van der Waals surface area (Å²) in [6, 6.07) is 23.7. The molecule has 1 aromatic heterocycles. The molecule has 0 aliphatic rings. The highest BCUT2D eigenvalue weighted by Gasteiger charge is 2.13. The highest BCUT2D eigenvalue weighted by atomic mass is 19.1. The topological polar surface area (TPSA) is 53.4 Å². The summed E-state index contributed by atoms with van der Waals surface area (Å²) >= 11 is 0. The molecule has 0 radical (unpaired) electrons. The number of hydrogen-bond donors (Lipinski definition) is 2. The van der Waals surface area contributed by atoms with E-state index in [1.54, 1.807) is 72.8 Å². The number of benzene rings is 3. The zero-order valence-corrected chi connectivity index (χ0v) is 14.3. The number of pyridine rings is 1. The minimum absolute atomic E-state index is 0.104. The largest absolute Gasteiger partial charge is 0.508 e. The smallest absolute Gasteiger partial charge is 0.131 e. The quantitative estimate of drug-likeness (QED) is 0.499. The molecule has 0 atom stereocenters. The molecule has 1 heterocycles. The maximum Gasteiger partial charge on any atom is 0.131 e. The molecule has 0 amide bonds. The summed E-state index contributed by atoms with van der Waals surface area (Å²) in [5.41, 5.74) is 3.62. The Kier molecular flexibility index (Phi) is 4.30. The van der Waals surface area contributed by atoms with Crippen LogP contribution in [0.25, 0.3) is 33.6 Å². The molecule has 0 spiro atoms. The number of phenolic OH excluding ortho intramolecular Hbond substituents is 2. The second-order valence-electron chi connectivity index (χ2n) is 6.17. The van der Waals surface area contributed by atoms with Crippen LogP contribution in [-0.2, 0) is 0 Å². The normalized spacial score (nSPS) is 10.7. The summed E-state index contributed by atoms with van der Waals surface area (Å²) < 4.78 is 14.4. The van der Waals surface area contributed by atoms with E-state index in [9.17, 15) is 14.6 Å². The molecule has 2 N–H and O–H groups in total. The second kappa shape index (κ2) is 6.92. The van der Waals surface area contributed by atoms with Gasteiger partial charge in [0.25, 0.3) is 0 Å². The third-order valence-corrected chi connectivity index (χ3v) is 4.35. The third kappa shape index (κ3) is 3.37. The Bertz CT molecular complexity index is 1040. The highest BCUT2D eigenvalue weighted by Crippen LogP contribution is 2.34. The van der Waals surface area contributed by atoms with Crippen LogP contribution in [-0.4, -0.2) is 15.2 Å². The van der Waals surface area contributed by atoms with Crippen LogP contribution in [0.15, 0.2) is 84.9 Å². The van der Waals surface area contributed by atoms with Crippen molar-refractivity contribution in [3.8, 4) is 45.1 Å². The van der Waals surface area contributed by atoms with Gasteiger partial charge < -0.3 is 10.2 Å². The van der Waals surface area contributed by atoms with Crippen molar-refractivity contribution in [3.63, 3.8) is 0 Å². The first-order chi connectivity index (χ1) is 13.1. The molecule has 0 saturated carbocycles. The average Bonchev–Trinajstić information content (AvgIpc) is 2.69. The van der Waals surface area contributed by atoms with Crippen molar-refractivity contribution < 1.29 is 14.6 Å². The maximum absolute atomic E-state index is 14.4. The summed E-state index contributed by atoms with van der Waals surface area (Å²) in [7, 11) is 0. The summed E-state index contributed by atoms with van der Waals surface area (Å²) in [4.78, 5) is 4.66. The molecule has 132 valence electrons. The van der Waals surface area contributed by atoms with E-state index in [2.05, 4.69) is 4.98 Å². The van der Waals surface area contributed by atoms with Gasteiger partial charge in [0, 0.05) is 16.7 Å². The van der Waals surface area contributed by atoms with Crippen LogP contribution in [0.4, 0.5) is 4.39 Å². The standard InChI is InChI=1S/C23H16FNO2/c24-20-7-3-1-5-18(20)16-13-21(15-9-11-17(26)12-10-15)25-22(14-16)19-6-2-4-8-23(19)27/h1-14,26-27H. The number of phenols is 2. The van der Waals surface area contributed by atoms with Crippen LogP contribution in [0.5, 0.6) is 11.5 Å². The highest BCUT2D eigenvalue weighted by molar-refractivity contribution is 5.78. The van der Waals surface area contributed by atoms with Gasteiger partial charge in [-0.1, -0.05) is 30.3 Å². The van der Waals surface area contributed by atoms with Crippen LogP contribution in [0.3, 0.4) is 0 Å². The van der Waals surface area contributed by atoms with Gasteiger partial charge in [0.15, 0.2) is 0 Å². The van der Waals surface area contributed by atoms with Gasteiger partial charge in [-0.3, -0.25) is 0 Å². The van der Waals surface area contributed by atoms with E-state index in [1.807, 2.05) is 6.07 Å². The van der Waals surface area contributed by atoms with Crippen LogP contribution in [0.1, 0.15) is 0 Å². The number of aromatic hydroxyl groups is 2. The summed E-state index contributed by atoms with van der Waals surface area (Å²) in [6.07, 6.45) is 0. The summed E-state index contributed by atoms with van der Waals surface area (Å²) in [5.74, 6) is -0.0686. The first kappa shape index (κ1) is 16.8. The first-order valence-electron chi connectivity index (χ1n) is 8.46. The van der Waals surface area contributed by atoms with Gasteiger partial charge in [0.2, 0.25) is 0 Å². The number of halogens is 1. The molecule has 3 aromatic carbocycles. The lowest BCUT2D eigenvalue weighted by Crippen LogP contribution is -1.92. The van der Waals surface area contributed by atoms with Crippen molar-refractivity contribution in [1.82, 2.24) is 4.98 Å². The van der Waals surface area contributed by atoms with E-state index in [1.165, 1.54) is 6.07 Å². The Morgan fingerprint density at radius 2 is 1.26 bits per heavy atom. The Hall–Kier alpha value is -3.66.